The summed E-state index contributed by atoms with van der Waals surface area (Å²) < 4.78 is 11.8. The van der Waals surface area contributed by atoms with Gasteiger partial charge in [-0.15, -0.1) is 11.3 Å². The number of hydrogen-bond donors (Lipinski definition) is 1. The number of fused-ring (bicyclic) bond motifs is 2. The molecule has 6 heteroatoms. The monoisotopic (exact) mass is 406 g/mol. The number of benzene rings is 2. The van der Waals surface area contributed by atoms with E-state index in [4.69, 9.17) is 19.4 Å². The molecule has 0 aliphatic carbocycles. The van der Waals surface area contributed by atoms with Gasteiger partial charge in [0.1, 0.15) is 30.2 Å². The first-order valence-corrected chi connectivity index (χ1v) is 10.8. The zero-order valence-corrected chi connectivity index (χ0v) is 17.5. The summed E-state index contributed by atoms with van der Waals surface area (Å²) in [5.74, 6) is 2.30. The van der Waals surface area contributed by atoms with Crippen LogP contribution in [-0.2, 0) is 11.3 Å². The molecule has 1 N–H and O–H groups in total. The Labute approximate surface area is 173 Å². The first kappa shape index (κ1) is 18.5. The normalized spacial score (nSPS) is 15.2. The van der Waals surface area contributed by atoms with Crippen molar-refractivity contribution in [1.29, 1.82) is 0 Å². The molecule has 0 spiro atoms. The summed E-state index contributed by atoms with van der Waals surface area (Å²) in [5.41, 5.74) is 1.20. The number of nitrogens with one attached hydrogen (secondary N) is 1. The summed E-state index contributed by atoms with van der Waals surface area (Å²) in [6, 6.07) is 14.5. The maximum Gasteiger partial charge on any atom is 0.231 e. The van der Waals surface area contributed by atoms with Crippen molar-refractivity contribution in [2.75, 3.05) is 26.3 Å². The minimum Gasteiger partial charge on any atom is -0.438 e. The Morgan fingerprint density at radius 3 is 2.66 bits per heavy atom. The second-order valence-electron chi connectivity index (χ2n) is 7.56. The van der Waals surface area contributed by atoms with Crippen LogP contribution in [0.15, 0.2) is 42.5 Å². The Morgan fingerprint density at radius 2 is 1.83 bits per heavy atom. The third kappa shape index (κ3) is 3.71. The molecule has 2 aromatic carbocycles. The number of aryl methyl sites for hydroxylation is 2. The van der Waals surface area contributed by atoms with Crippen molar-refractivity contribution in [2.45, 2.75) is 20.4 Å². The first-order valence-electron chi connectivity index (χ1n) is 10.0. The fourth-order valence-electron chi connectivity index (χ4n) is 3.81. The lowest BCUT2D eigenvalue weighted by molar-refractivity contribution is -0.922. The second-order valence-corrected chi connectivity index (χ2v) is 8.76. The highest BCUT2D eigenvalue weighted by atomic mass is 32.1. The highest BCUT2D eigenvalue weighted by Gasteiger charge is 2.20. The molecule has 0 bridgehead atoms. The molecule has 0 atom stereocenters. The standard InChI is InChI=1S/C23H23N3O2S/c1-15-16(2)29-23-21(15)22(24-20(25-23)14-26-9-11-27-12-10-26)28-19-8-7-17-5-3-4-6-18(17)13-19/h3-8,13H,9-12,14H2,1-2H3/p+1. The van der Waals surface area contributed by atoms with E-state index < -0.39 is 0 Å². The van der Waals surface area contributed by atoms with Crippen LogP contribution in [0.4, 0.5) is 0 Å². The fourth-order valence-corrected chi connectivity index (χ4v) is 4.85. The van der Waals surface area contributed by atoms with E-state index in [2.05, 4.69) is 44.2 Å². The van der Waals surface area contributed by atoms with Crippen molar-refractivity contribution in [1.82, 2.24) is 9.97 Å². The van der Waals surface area contributed by atoms with E-state index in [1.165, 1.54) is 20.7 Å². The first-order chi connectivity index (χ1) is 14.2. The summed E-state index contributed by atoms with van der Waals surface area (Å²) in [7, 11) is 0. The number of rotatable bonds is 4. The Hall–Kier alpha value is -2.54. The van der Waals surface area contributed by atoms with Crippen molar-refractivity contribution in [3.63, 3.8) is 0 Å². The third-order valence-electron chi connectivity index (χ3n) is 5.59. The van der Waals surface area contributed by atoms with Crippen molar-refractivity contribution in [3.05, 3.63) is 58.7 Å². The van der Waals surface area contributed by atoms with Crippen LogP contribution in [0, 0.1) is 13.8 Å². The van der Waals surface area contributed by atoms with E-state index in [1.807, 2.05) is 12.1 Å². The molecule has 4 aromatic rings. The van der Waals surface area contributed by atoms with Gasteiger partial charge in [0.2, 0.25) is 5.88 Å². The zero-order valence-electron chi connectivity index (χ0n) is 16.7. The number of quaternary nitrogens is 1. The maximum absolute atomic E-state index is 6.35. The minimum atomic E-state index is 0.662. The average Bonchev–Trinajstić information content (AvgIpc) is 3.02. The Morgan fingerprint density at radius 1 is 1.03 bits per heavy atom. The molecule has 0 amide bonds. The largest absolute Gasteiger partial charge is 0.438 e. The number of aromatic nitrogens is 2. The van der Waals surface area contributed by atoms with Gasteiger partial charge in [0.15, 0.2) is 5.82 Å². The van der Waals surface area contributed by atoms with Gasteiger partial charge in [-0.1, -0.05) is 30.3 Å². The summed E-state index contributed by atoms with van der Waals surface area (Å²) >= 11 is 1.72. The molecule has 29 heavy (non-hydrogen) atoms. The highest BCUT2D eigenvalue weighted by Crippen LogP contribution is 2.36. The van der Waals surface area contributed by atoms with Gasteiger partial charge in [-0.05, 0) is 42.3 Å². The zero-order chi connectivity index (χ0) is 19.8. The topological polar surface area (TPSA) is 48.7 Å². The summed E-state index contributed by atoms with van der Waals surface area (Å²) in [4.78, 5) is 13.4. The Bertz CT molecular complexity index is 1180. The van der Waals surface area contributed by atoms with Crippen LogP contribution in [0.2, 0.25) is 0 Å². The Kier molecular flexibility index (Phi) is 4.91. The van der Waals surface area contributed by atoms with Crippen LogP contribution in [0.3, 0.4) is 0 Å². The lowest BCUT2D eigenvalue weighted by Gasteiger charge is -2.23. The number of nitrogens with zero attached hydrogens (tertiary/aromatic N) is 2. The molecule has 1 saturated heterocycles. The number of thiophene rings is 1. The predicted octanol–water partition coefficient (Wildman–Crippen LogP) is 3.67. The van der Waals surface area contributed by atoms with Gasteiger partial charge < -0.3 is 14.4 Å². The van der Waals surface area contributed by atoms with Gasteiger partial charge in [-0.3, -0.25) is 0 Å². The molecular formula is C23H24N3O2S+. The second kappa shape index (κ2) is 7.71. The van der Waals surface area contributed by atoms with E-state index in [1.54, 1.807) is 11.3 Å². The van der Waals surface area contributed by atoms with Crippen LogP contribution in [0.25, 0.3) is 21.0 Å². The lowest BCUT2D eigenvalue weighted by atomic mass is 10.1. The van der Waals surface area contributed by atoms with Crippen molar-refractivity contribution < 1.29 is 14.4 Å². The SMILES string of the molecule is Cc1sc2nc(C[NH+]3CCOCC3)nc(Oc3ccc4ccccc4c3)c2c1C. The third-order valence-corrected chi connectivity index (χ3v) is 6.69. The molecule has 0 radical (unpaired) electrons. The van der Waals surface area contributed by atoms with Crippen molar-refractivity contribution in [2.24, 2.45) is 0 Å². The quantitative estimate of drug-likeness (QED) is 0.562. The van der Waals surface area contributed by atoms with Crippen LogP contribution in [-0.4, -0.2) is 36.3 Å². The number of hydrogen-bond acceptors (Lipinski definition) is 5. The van der Waals surface area contributed by atoms with E-state index in [0.717, 1.165) is 60.0 Å². The highest BCUT2D eigenvalue weighted by molar-refractivity contribution is 7.18. The van der Waals surface area contributed by atoms with Crippen molar-refractivity contribution >= 4 is 32.3 Å². The van der Waals surface area contributed by atoms with Gasteiger partial charge in [0.05, 0.1) is 18.6 Å². The lowest BCUT2D eigenvalue weighted by Crippen LogP contribution is -3.12. The molecule has 0 unspecified atom stereocenters. The molecule has 148 valence electrons. The van der Waals surface area contributed by atoms with E-state index in [0.29, 0.717) is 5.88 Å². The van der Waals surface area contributed by atoms with Gasteiger partial charge >= 0.3 is 0 Å². The molecular weight excluding hydrogens is 382 g/mol. The number of morpholine rings is 1. The molecule has 1 aliphatic rings. The summed E-state index contributed by atoms with van der Waals surface area (Å²) in [5, 5.41) is 3.39. The molecule has 0 saturated carbocycles. The average molecular weight is 407 g/mol. The van der Waals surface area contributed by atoms with Gasteiger partial charge in [0.25, 0.3) is 0 Å². The van der Waals surface area contributed by atoms with E-state index in [-0.39, 0.29) is 0 Å². The van der Waals surface area contributed by atoms with E-state index >= 15 is 0 Å². The molecule has 5 nitrogen and oxygen atoms in total. The molecule has 1 aliphatic heterocycles. The molecule has 1 fully saturated rings. The van der Waals surface area contributed by atoms with Gasteiger partial charge in [-0.2, -0.15) is 4.98 Å². The maximum atomic E-state index is 6.35. The molecule has 2 aromatic heterocycles. The van der Waals surface area contributed by atoms with Crippen LogP contribution in [0.5, 0.6) is 11.6 Å². The van der Waals surface area contributed by atoms with Crippen LogP contribution in [0.1, 0.15) is 16.3 Å². The van der Waals surface area contributed by atoms with Gasteiger partial charge in [-0.25, -0.2) is 4.98 Å². The number of ether oxygens (including phenoxy) is 2. The summed E-state index contributed by atoms with van der Waals surface area (Å²) in [6.45, 7) is 8.63. The Balaban J connectivity index is 1.54. The molecule has 3 heterocycles. The van der Waals surface area contributed by atoms with Crippen LogP contribution >= 0.6 is 11.3 Å². The predicted molar refractivity (Wildman–Crippen MR) is 116 cm³/mol. The van der Waals surface area contributed by atoms with Crippen molar-refractivity contribution in [3.8, 4) is 11.6 Å². The summed E-state index contributed by atoms with van der Waals surface area (Å²) in [6.07, 6.45) is 0. The van der Waals surface area contributed by atoms with Gasteiger partial charge in [0, 0.05) is 4.88 Å². The fraction of sp³-hybridized carbons (Fsp3) is 0.304. The smallest absolute Gasteiger partial charge is 0.231 e. The minimum absolute atomic E-state index is 0.662. The van der Waals surface area contributed by atoms with E-state index in [9.17, 15) is 0 Å². The van der Waals surface area contributed by atoms with Crippen LogP contribution < -0.4 is 9.64 Å². The molecule has 5 rings (SSSR count).